The highest BCUT2D eigenvalue weighted by molar-refractivity contribution is 5.92. The largest absolute Gasteiger partial charge is 0.335 e. The maximum atomic E-state index is 12.5. The van der Waals surface area contributed by atoms with Gasteiger partial charge in [0.1, 0.15) is 0 Å². The van der Waals surface area contributed by atoms with Gasteiger partial charge in [-0.15, -0.1) is 0 Å². The molecule has 132 valence electrons. The van der Waals surface area contributed by atoms with Crippen molar-refractivity contribution in [2.75, 3.05) is 6.54 Å². The average Bonchev–Trinajstić information content (AvgIpc) is 2.66. The van der Waals surface area contributed by atoms with E-state index in [0.29, 0.717) is 24.2 Å². The first-order valence-electron chi connectivity index (χ1n) is 8.24. The summed E-state index contributed by atoms with van der Waals surface area (Å²) in [7, 11) is 0. The fourth-order valence-electron chi connectivity index (χ4n) is 2.50. The Morgan fingerprint density at radius 1 is 1.23 bits per heavy atom. The molecule has 0 radical (unpaired) electrons. The van der Waals surface area contributed by atoms with Crippen molar-refractivity contribution in [1.29, 1.82) is 5.26 Å². The third kappa shape index (κ3) is 5.02. The summed E-state index contributed by atoms with van der Waals surface area (Å²) in [5.41, 5.74) is 1.84. The summed E-state index contributed by atoms with van der Waals surface area (Å²) in [5, 5.41) is 19.9. The van der Waals surface area contributed by atoms with Crippen LogP contribution in [0.25, 0.3) is 6.08 Å². The molecule has 2 aromatic carbocycles. The standard InChI is InChI=1S/C20H19N3O3/c1-2-13-22(15-17-9-7-16(14-21)8-10-17)20(24)12-11-18-5-3-4-6-19(18)23(25)26/h3-12H,2,13,15H2,1H3/b12-11+. The Balaban J connectivity index is 2.15. The van der Waals surface area contributed by atoms with Crippen LogP contribution in [0.4, 0.5) is 5.69 Å². The third-order valence-corrected chi connectivity index (χ3v) is 3.80. The van der Waals surface area contributed by atoms with Crippen molar-refractivity contribution in [3.8, 4) is 6.07 Å². The molecule has 0 N–H and O–H groups in total. The summed E-state index contributed by atoms with van der Waals surface area (Å²) in [5.74, 6) is -0.214. The Bertz CT molecular complexity index is 851. The molecule has 0 aliphatic rings. The summed E-state index contributed by atoms with van der Waals surface area (Å²) in [4.78, 5) is 24.8. The topological polar surface area (TPSA) is 87.2 Å². The molecular formula is C20H19N3O3. The number of nitro benzene ring substituents is 1. The Kier molecular flexibility index (Phi) is 6.63. The molecule has 0 saturated carbocycles. The zero-order valence-electron chi connectivity index (χ0n) is 14.5. The number of carbonyl (C=O) groups is 1. The maximum absolute atomic E-state index is 12.5. The van der Waals surface area contributed by atoms with Crippen LogP contribution in [0.3, 0.4) is 0 Å². The number of nitrogens with zero attached hydrogens (tertiary/aromatic N) is 3. The van der Waals surface area contributed by atoms with Crippen LogP contribution in [0.2, 0.25) is 0 Å². The minimum atomic E-state index is -0.468. The lowest BCUT2D eigenvalue weighted by Crippen LogP contribution is -2.29. The lowest BCUT2D eigenvalue weighted by Gasteiger charge is -2.20. The molecule has 0 atom stereocenters. The summed E-state index contributed by atoms with van der Waals surface area (Å²) in [6.07, 6.45) is 3.63. The van der Waals surface area contributed by atoms with Gasteiger partial charge >= 0.3 is 0 Å². The first-order chi connectivity index (χ1) is 12.5. The lowest BCUT2D eigenvalue weighted by atomic mass is 10.1. The molecule has 0 spiro atoms. The van der Waals surface area contributed by atoms with E-state index >= 15 is 0 Å². The number of carbonyl (C=O) groups excluding carboxylic acids is 1. The summed E-state index contributed by atoms with van der Waals surface area (Å²) in [6, 6.07) is 15.4. The minimum absolute atomic E-state index is 0.0364. The van der Waals surface area contributed by atoms with Crippen molar-refractivity contribution < 1.29 is 9.72 Å². The minimum Gasteiger partial charge on any atom is -0.335 e. The van der Waals surface area contributed by atoms with E-state index in [-0.39, 0.29) is 11.6 Å². The zero-order chi connectivity index (χ0) is 18.9. The maximum Gasteiger partial charge on any atom is 0.276 e. The number of hydrogen-bond donors (Lipinski definition) is 0. The molecule has 0 fully saturated rings. The van der Waals surface area contributed by atoms with Crippen LogP contribution in [-0.4, -0.2) is 22.3 Å². The second-order valence-corrected chi connectivity index (χ2v) is 5.72. The third-order valence-electron chi connectivity index (χ3n) is 3.80. The average molecular weight is 349 g/mol. The Labute approximate surface area is 152 Å². The van der Waals surface area contributed by atoms with Crippen LogP contribution < -0.4 is 0 Å². The van der Waals surface area contributed by atoms with E-state index in [9.17, 15) is 14.9 Å². The van der Waals surface area contributed by atoms with Crippen LogP contribution in [-0.2, 0) is 11.3 Å². The number of amides is 1. The van der Waals surface area contributed by atoms with Gasteiger partial charge in [-0.2, -0.15) is 5.26 Å². The van der Waals surface area contributed by atoms with E-state index in [4.69, 9.17) is 5.26 Å². The van der Waals surface area contributed by atoms with Gasteiger partial charge in [0.2, 0.25) is 5.91 Å². The Morgan fingerprint density at radius 2 is 1.92 bits per heavy atom. The molecule has 0 unspecified atom stereocenters. The highest BCUT2D eigenvalue weighted by Crippen LogP contribution is 2.19. The first-order valence-corrected chi connectivity index (χ1v) is 8.24. The van der Waals surface area contributed by atoms with E-state index in [1.807, 2.05) is 19.1 Å². The van der Waals surface area contributed by atoms with Gasteiger partial charge in [-0.25, -0.2) is 0 Å². The molecular weight excluding hydrogens is 330 g/mol. The van der Waals surface area contributed by atoms with Crippen molar-refractivity contribution >= 4 is 17.7 Å². The van der Waals surface area contributed by atoms with E-state index < -0.39 is 4.92 Å². The normalized spacial score (nSPS) is 10.5. The van der Waals surface area contributed by atoms with Crippen molar-refractivity contribution in [3.63, 3.8) is 0 Å². The highest BCUT2D eigenvalue weighted by atomic mass is 16.6. The molecule has 2 aromatic rings. The SMILES string of the molecule is CCCN(Cc1ccc(C#N)cc1)C(=O)/C=C/c1ccccc1[N+](=O)[O-]. The summed E-state index contributed by atoms with van der Waals surface area (Å²) < 4.78 is 0. The van der Waals surface area contributed by atoms with Gasteiger partial charge in [-0.1, -0.05) is 31.2 Å². The van der Waals surface area contributed by atoms with Crippen molar-refractivity contribution in [2.45, 2.75) is 19.9 Å². The van der Waals surface area contributed by atoms with Crippen LogP contribution in [0.15, 0.2) is 54.6 Å². The monoisotopic (exact) mass is 349 g/mol. The van der Waals surface area contributed by atoms with Crippen LogP contribution in [0.1, 0.15) is 30.0 Å². The van der Waals surface area contributed by atoms with Gasteiger partial charge in [0, 0.05) is 25.2 Å². The predicted octanol–water partition coefficient (Wildman–Crippen LogP) is 3.92. The fourth-order valence-corrected chi connectivity index (χ4v) is 2.50. The van der Waals surface area contributed by atoms with Gasteiger partial charge in [-0.05, 0) is 36.3 Å². The molecule has 0 aliphatic heterocycles. The molecule has 6 heteroatoms. The fraction of sp³-hybridized carbons (Fsp3) is 0.200. The van der Waals surface area contributed by atoms with Crippen LogP contribution in [0.5, 0.6) is 0 Å². The Hall–Kier alpha value is -3.46. The van der Waals surface area contributed by atoms with Gasteiger partial charge in [0.15, 0.2) is 0 Å². The lowest BCUT2D eigenvalue weighted by molar-refractivity contribution is -0.385. The molecule has 1 amide bonds. The zero-order valence-corrected chi connectivity index (χ0v) is 14.5. The number of rotatable bonds is 7. The van der Waals surface area contributed by atoms with Crippen LogP contribution >= 0.6 is 0 Å². The number of para-hydroxylation sites is 1. The smallest absolute Gasteiger partial charge is 0.276 e. The first kappa shape index (κ1) is 18.9. The number of nitriles is 1. The van der Waals surface area contributed by atoms with Crippen molar-refractivity contribution in [1.82, 2.24) is 4.90 Å². The molecule has 2 rings (SSSR count). The molecule has 0 bridgehead atoms. The van der Waals surface area contributed by atoms with Crippen LogP contribution in [0, 0.1) is 21.4 Å². The number of hydrogen-bond acceptors (Lipinski definition) is 4. The Morgan fingerprint density at radius 3 is 2.54 bits per heavy atom. The van der Waals surface area contributed by atoms with Crippen molar-refractivity contribution in [2.24, 2.45) is 0 Å². The van der Waals surface area contributed by atoms with Gasteiger partial charge in [0.05, 0.1) is 22.1 Å². The second kappa shape index (κ2) is 9.14. The predicted molar refractivity (Wildman–Crippen MR) is 99.0 cm³/mol. The van der Waals surface area contributed by atoms with E-state index in [0.717, 1.165) is 12.0 Å². The number of nitro groups is 1. The highest BCUT2D eigenvalue weighted by Gasteiger charge is 2.13. The number of benzene rings is 2. The molecule has 26 heavy (non-hydrogen) atoms. The van der Waals surface area contributed by atoms with Gasteiger partial charge in [-0.3, -0.25) is 14.9 Å². The molecule has 0 saturated heterocycles. The second-order valence-electron chi connectivity index (χ2n) is 5.72. The van der Waals surface area contributed by atoms with Gasteiger partial charge in [0.25, 0.3) is 5.69 Å². The van der Waals surface area contributed by atoms with Crippen molar-refractivity contribution in [3.05, 3.63) is 81.4 Å². The summed E-state index contributed by atoms with van der Waals surface area (Å²) >= 11 is 0. The molecule has 6 nitrogen and oxygen atoms in total. The molecule has 0 heterocycles. The van der Waals surface area contributed by atoms with E-state index in [1.54, 1.807) is 35.2 Å². The quantitative estimate of drug-likeness (QED) is 0.430. The van der Waals surface area contributed by atoms with E-state index in [1.165, 1.54) is 18.2 Å². The summed E-state index contributed by atoms with van der Waals surface area (Å²) in [6.45, 7) is 2.96. The van der Waals surface area contributed by atoms with E-state index in [2.05, 4.69) is 6.07 Å². The van der Waals surface area contributed by atoms with Gasteiger partial charge < -0.3 is 4.90 Å². The molecule has 0 aromatic heterocycles. The molecule has 0 aliphatic carbocycles.